The second kappa shape index (κ2) is 6.25. The summed E-state index contributed by atoms with van der Waals surface area (Å²) in [5.41, 5.74) is 0.864. The molecule has 0 saturated heterocycles. The Labute approximate surface area is 146 Å². The van der Waals surface area contributed by atoms with E-state index in [2.05, 4.69) is 4.98 Å². The van der Waals surface area contributed by atoms with Crippen molar-refractivity contribution in [2.45, 2.75) is 6.42 Å². The number of nitrogens with zero attached hydrogens (tertiary/aromatic N) is 1. The van der Waals surface area contributed by atoms with E-state index in [0.29, 0.717) is 42.0 Å². The van der Waals surface area contributed by atoms with Crippen LogP contribution in [-0.4, -0.2) is 29.3 Å². The Morgan fingerprint density at radius 2 is 1.73 bits per heavy atom. The van der Waals surface area contributed by atoms with E-state index < -0.39 is 17.6 Å². The van der Waals surface area contributed by atoms with Crippen molar-refractivity contribution >= 4 is 16.9 Å². The first kappa shape index (κ1) is 16.3. The van der Waals surface area contributed by atoms with Crippen LogP contribution in [0.2, 0.25) is 0 Å². The molecule has 0 atom stereocenters. The van der Waals surface area contributed by atoms with Crippen molar-refractivity contribution in [2.75, 3.05) is 13.2 Å². The van der Waals surface area contributed by atoms with E-state index in [9.17, 15) is 18.7 Å². The number of halogens is 2. The first-order valence-electron chi connectivity index (χ1n) is 7.96. The maximum atomic E-state index is 13.6. The van der Waals surface area contributed by atoms with Crippen molar-refractivity contribution in [1.29, 1.82) is 0 Å². The second-order valence-electron chi connectivity index (χ2n) is 5.86. The third-order valence-electron chi connectivity index (χ3n) is 4.12. The van der Waals surface area contributed by atoms with E-state index in [1.54, 1.807) is 12.1 Å². The van der Waals surface area contributed by atoms with Crippen LogP contribution in [-0.2, 0) is 0 Å². The van der Waals surface area contributed by atoms with E-state index in [4.69, 9.17) is 9.47 Å². The Morgan fingerprint density at radius 3 is 2.42 bits per heavy atom. The zero-order chi connectivity index (χ0) is 18.3. The number of aromatic carboxylic acids is 1. The van der Waals surface area contributed by atoms with E-state index in [1.165, 1.54) is 12.1 Å². The monoisotopic (exact) mass is 357 g/mol. The molecule has 4 rings (SSSR count). The summed E-state index contributed by atoms with van der Waals surface area (Å²) in [5, 5.41) is 9.96. The Morgan fingerprint density at radius 1 is 1.00 bits per heavy atom. The second-order valence-corrected chi connectivity index (χ2v) is 5.86. The number of hydrogen-bond donors (Lipinski definition) is 1. The highest BCUT2D eigenvalue weighted by molar-refractivity contribution is 6.04. The molecule has 1 aromatic heterocycles. The number of hydrogen-bond acceptors (Lipinski definition) is 4. The van der Waals surface area contributed by atoms with Crippen LogP contribution in [0, 0.1) is 11.6 Å². The number of carboxylic acid groups (broad SMARTS) is 1. The van der Waals surface area contributed by atoms with Gasteiger partial charge in [-0.05, 0) is 30.3 Å². The zero-order valence-corrected chi connectivity index (χ0v) is 13.5. The Balaban J connectivity index is 1.95. The smallest absolute Gasteiger partial charge is 0.336 e. The highest BCUT2D eigenvalue weighted by Crippen LogP contribution is 2.36. The average molecular weight is 357 g/mol. The zero-order valence-electron chi connectivity index (χ0n) is 13.5. The first-order chi connectivity index (χ1) is 12.5. The minimum Gasteiger partial charge on any atom is -0.490 e. The molecular formula is C19H13F2NO4. The van der Waals surface area contributed by atoms with Crippen LogP contribution < -0.4 is 9.47 Å². The standard InChI is InChI=1S/C19H13F2NO4/c20-13-3-2-10(6-14(13)21)15-7-12(19(23)24)11-8-17-18(9-16(11)22-15)26-5-1-4-25-17/h2-3,6-9H,1,4-5H2,(H,23,24). The summed E-state index contributed by atoms with van der Waals surface area (Å²) >= 11 is 0. The van der Waals surface area contributed by atoms with Crippen molar-refractivity contribution in [3.63, 3.8) is 0 Å². The number of benzene rings is 2. The number of pyridine rings is 1. The predicted octanol–water partition coefficient (Wildman–Crippen LogP) is 4.04. The van der Waals surface area contributed by atoms with Gasteiger partial charge in [0.15, 0.2) is 23.1 Å². The molecule has 0 saturated carbocycles. The third kappa shape index (κ3) is 2.81. The SMILES string of the molecule is O=C(O)c1cc(-c2ccc(F)c(F)c2)nc2cc3c(cc12)OCCCO3. The van der Waals surface area contributed by atoms with Gasteiger partial charge >= 0.3 is 5.97 Å². The highest BCUT2D eigenvalue weighted by atomic mass is 19.2. The molecule has 0 fully saturated rings. The Kier molecular flexibility index (Phi) is 3.91. The lowest BCUT2D eigenvalue weighted by atomic mass is 10.0. The summed E-state index contributed by atoms with van der Waals surface area (Å²) in [4.78, 5) is 16.1. The van der Waals surface area contributed by atoms with Gasteiger partial charge in [-0.2, -0.15) is 0 Å². The lowest BCUT2D eigenvalue weighted by molar-refractivity contribution is 0.0699. The fourth-order valence-electron chi connectivity index (χ4n) is 2.86. The summed E-state index contributed by atoms with van der Waals surface area (Å²) < 4.78 is 37.9. The molecule has 0 aliphatic carbocycles. The Hall–Kier alpha value is -3.22. The van der Waals surface area contributed by atoms with Gasteiger partial charge in [-0.25, -0.2) is 18.6 Å². The number of fused-ring (bicyclic) bond motifs is 2. The van der Waals surface area contributed by atoms with Crippen molar-refractivity contribution in [3.05, 3.63) is 53.6 Å². The number of rotatable bonds is 2. The lowest BCUT2D eigenvalue weighted by Gasteiger charge is -2.12. The van der Waals surface area contributed by atoms with Gasteiger partial charge in [-0.15, -0.1) is 0 Å². The van der Waals surface area contributed by atoms with Crippen molar-refractivity contribution < 1.29 is 28.2 Å². The molecule has 0 radical (unpaired) electrons. The normalized spacial score (nSPS) is 13.5. The van der Waals surface area contributed by atoms with E-state index in [-0.39, 0.29) is 16.8 Å². The minimum absolute atomic E-state index is 0.00891. The maximum absolute atomic E-state index is 13.6. The number of aromatic nitrogens is 1. The largest absolute Gasteiger partial charge is 0.490 e. The molecule has 5 nitrogen and oxygen atoms in total. The molecule has 1 aliphatic heterocycles. The van der Waals surface area contributed by atoms with Crippen LogP contribution in [0.4, 0.5) is 8.78 Å². The third-order valence-corrected chi connectivity index (χ3v) is 4.12. The molecule has 0 unspecified atom stereocenters. The predicted molar refractivity (Wildman–Crippen MR) is 89.7 cm³/mol. The topological polar surface area (TPSA) is 68.7 Å². The van der Waals surface area contributed by atoms with Gasteiger partial charge in [-0.3, -0.25) is 0 Å². The Bertz CT molecular complexity index is 1040. The fourth-order valence-corrected chi connectivity index (χ4v) is 2.86. The summed E-state index contributed by atoms with van der Waals surface area (Å²) in [6.45, 7) is 0.953. The lowest BCUT2D eigenvalue weighted by Crippen LogP contribution is -2.02. The number of carbonyl (C=O) groups is 1. The first-order valence-corrected chi connectivity index (χ1v) is 7.96. The van der Waals surface area contributed by atoms with Gasteiger partial charge in [0.2, 0.25) is 0 Å². The molecule has 2 heterocycles. The van der Waals surface area contributed by atoms with Gasteiger partial charge in [0, 0.05) is 23.4 Å². The van der Waals surface area contributed by atoms with Crippen LogP contribution >= 0.6 is 0 Å². The molecule has 1 N–H and O–H groups in total. The quantitative estimate of drug-likeness (QED) is 0.750. The van der Waals surface area contributed by atoms with Crippen LogP contribution in [0.25, 0.3) is 22.2 Å². The summed E-state index contributed by atoms with van der Waals surface area (Å²) in [6, 6.07) is 7.83. The van der Waals surface area contributed by atoms with Gasteiger partial charge in [0.1, 0.15) is 0 Å². The molecule has 7 heteroatoms. The van der Waals surface area contributed by atoms with Crippen molar-refractivity contribution in [1.82, 2.24) is 4.98 Å². The van der Waals surface area contributed by atoms with Gasteiger partial charge in [0.25, 0.3) is 0 Å². The maximum Gasteiger partial charge on any atom is 0.336 e. The molecule has 2 aromatic carbocycles. The molecule has 132 valence electrons. The van der Waals surface area contributed by atoms with Crippen LogP contribution in [0.1, 0.15) is 16.8 Å². The van der Waals surface area contributed by atoms with Crippen LogP contribution in [0.5, 0.6) is 11.5 Å². The molecule has 0 spiro atoms. The number of carboxylic acids is 1. The number of ether oxygens (including phenoxy) is 2. The molecule has 3 aromatic rings. The molecule has 0 amide bonds. The molecule has 26 heavy (non-hydrogen) atoms. The van der Waals surface area contributed by atoms with Gasteiger partial charge < -0.3 is 14.6 Å². The van der Waals surface area contributed by atoms with Crippen LogP contribution in [0.15, 0.2) is 36.4 Å². The van der Waals surface area contributed by atoms with Crippen molar-refractivity contribution in [3.8, 4) is 22.8 Å². The molecular weight excluding hydrogens is 344 g/mol. The molecule has 1 aliphatic rings. The van der Waals surface area contributed by atoms with E-state index >= 15 is 0 Å². The van der Waals surface area contributed by atoms with E-state index in [0.717, 1.165) is 12.1 Å². The summed E-state index contributed by atoms with van der Waals surface area (Å²) in [5.74, 6) is -2.24. The highest BCUT2D eigenvalue weighted by Gasteiger charge is 2.19. The van der Waals surface area contributed by atoms with Gasteiger partial charge in [-0.1, -0.05) is 0 Å². The van der Waals surface area contributed by atoms with Gasteiger partial charge in [0.05, 0.1) is 30.0 Å². The average Bonchev–Trinajstić information content (AvgIpc) is 2.85. The van der Waals surface area contributed by atoms with Crippen LogP contribution in [0.3, 0.4) is 0 Å². The fraction of sp³-hybridized carbons (Fsp3) is 0.158. The van der Waals surface area contributed by atoms with Crippen molar-refractivity contribution in [2.24, 2.45) is 0 Å². The minimum atomic E-state index is -1.16. The summed E-state index contributed by atoms with van der Waals surface area (Å²) in [6.07, 6.45) is 0.713. The summed E-state index contributed by atoms with van der Waals surface area (Å²) in [7, 11) is 0. The van der Waals surface area contributed by atoms with E-state index in [1.807, 2.05) is 0 Å². The molecule has 0 bridgehead atoms.